The normalized spacial score (nSPS) is 15.1. The molecule has 0 amide bonds. The summed E-state index contributed by atoms with van der Waals surface area (Å²) >= 11 is 0. The maximum atomic E-state index is 13.6. The molecular formula is C33H46O5. The van der Waals surface area contributed by atoms with E-state index in [1.807, 2.05) is 76.2 Å². The van der Waals surface area contributed by atoms with Crippen molar-refractivity contribution in [2.45, 2.75) is 93.8 Å². The second-order valence-corrected chi connectivity index (χ2v) is 13.6. The number of methoxy groups -OCH3 is 1. The topological polar surface area (TPSA) is 57.9 Å². The van der Waals surface area contributed by atoms with Crippen LogP contribution in [0.4, 0.5) is 0 Å². The van der Waals surface area contributed by atoms with Gasteiger partial charge in [-0.05, 0) is 75.3 Å². The number of fused-ring (bicyclic) bond motifs is 1. The Hall–Kier alpha value is -2.95. The van der Waals surface area contributed by atoms with Crippen LogP contribution in [0.1, 0.15) is 82.1 Å². The molecule has 0 saturated carbocycles. The first-order chi connectivity index (χ1) is 17.4. The van der Waals surface area contributed by atoms with Crippen molar-refractivity contribution in [2.75, 3.05) is 7.11 Å². The van der Waals surface area contributed by atoms with E-state index in [0.29, 0.717) is 12.2 Å². The van der Waals surface area contributed by atoms with Crippen LogP contribution in [0.2, 0.25) is 0 Å². The number of carbonyl (C=O) groups excluding carboxylic acids is 1. The molecule has 5 nitrogen and oxygen atoms in total. The first-order valence-electron chi connectivity index (χ1n) is 13.5. The number of ether oxygens (including phenoxy) is 3. The smallest absolute Gasteiger partial charge is 0.312 e. The van der Waals surface area contributed by atoms with Gasteiger partial charge in [-0.15, -0.1) is 0 Å². The first kappa shape index (κ1) is 29.6. The molecule has 0 radical (unpaired) electrons. The maximum Gasteiger partial charge on any atom is 0.312 e. The minimum atomic E-state index is -0.688. The van der Waals surface area contributed by atoms with Crippen LogP contribution in [0.3, 0.4) is 0 Å². The van der Waals surface area contributed by atoms with Gasteiger partial charge in [-0.3, -0.25) is 4.79 Å². The Morgan fingerprint density at radius 3 is 2.18 bits per heavy atom. The van der Waals surface area contributed by atoms with Gasteiger partial charge in [0.2, 0.25) is 0 Å². The summed E-state index contributed by atoms with van der Waals surface area (Å²) in [6.45, 7) is 20.8. The summed E-state index contributed by atoms with van der Waals surface area (Å²) in [7, 11) is 1.65. The van der Waals surface area contributed by atoms with Crippen molar-refractivity contribution in [3.8, 4) is 22.8 Å². The second-order valence-electron chi connectivity index (χ2n) is 13.6. The van der Waals surface area contributed by atoms with Gasteiger partial charge in [0.15, 0.2) is 0 Å². The molecule has 2 atom stereocenters. The Bertz CT molecular complexity index is 1250. The van der Waals surface area contributed by atoms with Gasteiger partial charge < -0.3 is 18.6 Å². The Kier molecular flexibility index (Phi) is 8.31. The van der Waals surface area contributed by atoms with Crippen LogP contribution in [0.25, 0.3) is 22.3 Å². The summed E-state index contributed by atoms with van der Waals surface area (Å²) in [5, 5.41) is 0.987. The molecular weight excluding hydrogens is 476 g/mol. The van der Waals surface area contributed by atoms with Crippen LogP contribution in [0.5, 0.6) is 11.5 Å². The molecule has 0 aliphatic heterocycles. The molecule has 0 spiro atoms. The number of hydrogen-bond acceptors (Lipinski definition) is 5. The number of benzene rings is 2. The highest BCUT2D eigenvalue weighted by molar-refractivity contribution is 5.85. The van der Waals surface area contributed by atoms with Crippen molar-refractivity contribution in [1.29, 1.82) is 0 Å². The lowest BCUT2D eigenvalue weighted by Crippen LogP contribution is -2.47. The highest BCUT2D eigenvalue weighted by Gasteiger charge is 2.49. The van der Waals surface area contributed by atoms with Crippen molar-refractivity contribution in [1.82, 2.24) is 0 Å². The fourth-order valence-electron chi connectivity index (χ4n) is 5.14. The number of para-hydroxylation sites is 1. The minimum absolute atomic E-state index is 0.00238. The lowest BCUT2D eigenvalue weighted by Gasteiger charge is -2.45. The van der Waals surface area contributed by atoms with Gasteiger partial charge in [-0.2, -0.15) is 0 Å². The molecule has 1 aromatic heterocycles. The van der Waals surface area contributed by atoms with Gasteiger partial charge in [0, 0.05) is 17.9 Å². The summed E-state index contributed by atoms with van der Waals surface area (Å²) in [5.41, 5.74) is 0.0977. The summed E-state index contributed by atoms with van der Waals surface area (Å²) in [6.07, 6.45) is 1.11. The minimum Gasteiger partial charge on any atom is -0.496 e. The Balaban J connectivity index is 1.72. The predicted molar refractivity (Wildman–Crippen MR) is 155 cm³/mol. The number of esters is 1. The van der Waals surface area contributed by atoms with Crippen molar-refractivity contribution >= 4 is 16.9 Å². The lowest BCUT2D eigenvalue weighted by molar-refractivity contribution is -0.180. The van der Waals surface area contributed by atoms with E-state index in [4.69, 9.17) is 18.6 Å². The molecule has 0 bridgehead atoms. The van der Waals surface area contributed by atoms with Gasteiger partial charge in [0.05, 0.1) is 24.2 Å². The molecule has 38 heavy (non-hydrogen) atoms. The highest BCUT2D eigenvalue weighted by atomic mass is 16.6. The molecule has 3 rings (SSSR count). The molecule has 1 heterocycles. The third-order valence-corrected chi connectivity index (χ3v) is 7.34. The van der Waals surface area contributed by atoms with Gasteiger partial charge in [-0.1, -0.05) is 53.7 Å². The average molecular weight is 523 g/mol. The Morgan fingerprint density at radius 2 is 1.58 bits per heavy atom. The summed E-state index contributed by atoms with van der Waals surface area (Å²) in [6, 6.07) is 15.6. The van der Waals surface area contributed by atoms with Crippen molar-refractivity contribution in [2.24, 2.45) is 16.2 Å². The number of hydrogen-bond donors (Lipinski definition) is 0. The van der Waals surface area contributed by atoms with Gasteiger partial charge in [-0.25, -0.2) is 0 Å². The van der Waals surface area contributed by atoms with Crippen LogP contribution in [0.15, 0.2) is 52.9 Å². The third kappa shape index (κ3) is 6.92. The zero-order chi connectivity index (χ0) is 28.5. The van der Waals surface area contributed by atoms with Gasteiger partial charge >= 0.3 is 5.97 Å². The fraction of sp³-hybridized carbons (Fsp3) is 0.545. The maximum absolute atomic E-state index is 13.6. The first-order valence-corrected chi connectivity index (χ1v) is 13.5. The molecule has 208 valence electrons. The molecule has 3 aromatic rings. The predicted octanol–water partition coefficient (Wildman–Crippen LogP) is 9.08. The number of furan rings is 1. The van der Waals surface area contributed by atoms with E-state index >= 15 is 0 Å². The lowest BCUT2D eigenvalue weighted by atomic mass is 9.61. The van der Waals surface area contributed by atoms with Crippen molar-refractivity contribution < 1.29 is 23.4 Å². The van der Waals surface area contributed by atoms with Crippen LogP contribution < -0.4 is 9.47 Å². The van der Waals surface area contributed by atoms with E-state index in [9.17, 15) is 4.79 Å². The SMILES string of the molecule is COc1ccccc1-c1cc2ccc(OC(C)CC(C)(C)OC(=O)C(C)(CC(C)(C)C)C(C)(C)C)cc2o1. The zero-order valence-electron chi connectivity index (χ0n) is 25.2. The standard InChI is InChI=1S/C33H46O5/c1-22(20-32(8,9)38-29(34)33(10,31(5,6)7)21-30(2,3)4)36-24-17-16-23-18-28(37-27(23)19-24)25-14-12-13-15-26(25)35-11/h12-19,22H,20-21H2,1-11H3. The van der Waals surface area contributed by atoms with E-state index in [1.165, 1.54) is 0 Å². The summed E-state index contributed by atoms with van der Waals surface area (Å²) in [5.74, 6) is 2.06. The van der Waals surface area contributed by atoms with Crippen LogP contribution in [-0.2, 0) is 9.53 Å². The van der Waals surface area contributed by atoms with Gasteiger partial charge in [0.1, 0.15) is 28.4 Å². The van der Waals surface area contributed by atoms with E-state index < -0.39 is 11.0 Å². The second kappa shape index (κ2) is 10.7. The van der Waals surface area contributed by atoms with E-state index in [-0.39, 0.29) is 22.9 Å². The van der Waals surface area contributed by atoms with Crippen molar-refractivity contribution in [3.05, 3.63) is 48.5 Å². The average Bonchev–Trinajstić information content (AvgIpc) is 3.19. The van der Waals surface area contributed by atoms with E-state index in [2.05, 4.69) is 41.5 Å². The molecule has 0 aliphatic rings. The van der Waals surface area contributed by atoms with Crippen LogP contribution in [-0.4, -0.2) is 24.8 Å². The monoisotopic (exact) mass is 522 g/mol. The Labute approximate surface area is 228 Å². The largest absolute Gasteiger partial charge is 0.496 e. The number of rotatable bonds is 9. The molecule has 2 aromatic carbocycles. The van der Waals surface area contributed by atoms with Crippen LogP contribution in [0, 0.1) is 16.2 Å². The summed E-state index contributed by atoms with van der Waals surface area (Å²) in [4.78, 5) is 13.6. The molecule has 2 unspecified atom stereocenters. The quantitative estimate of drug-likeness (QED) is 0.262. The molecule has 0 fully saturated rings. The van der Waals surface area contributed by atoms with E-state index in [0.717, 1.165) is 34.5 Å². The molecule has 0 N–H and O–H groups in total. The van der Waals surface area contributed by atoms with Crippen molar-refractivity contribution in [3.63, 3.8) is 0 Å². The fourth-order valence-corrected chi connectivity index (χ4v) is 5.14. The Morgan fingerprint density at radius 1 is 0.921 bits per heavy atom. The highest BCUT2D eigenvalue weighted by Crippen LogP contribution is 2.48. The summed E-state index contributed by atoms with van der Waals surface area (Å²) < 4.78 is 24.1. The van der Waals surface area contributed by atoms with Gasteiger partial charge in [0.25, 0.3) is 0 Å². The third-order valence-electron chi connectivity index (χ3n) is 7.34. The molecule has 0 saturated heterocycles. The van der Waals surface area contributed by atoms with E-state index in [1.54, 1.807) is 7.11 Å². The van der Waals surface area contributed by atoms with Crippen LogP contribution >= 0.6 is 0 Å². The molecule has 0 aliphatic carbocycles. The number of carbonyl (C=O) groups is 1. The molecule has 5 heteroatoms. The zero-order valence-corrected chi connectivity index (χ0v) is 25.2.